The first-order valence-corrected chi connectivity index (χ1v) is 2.67. The molecule has 1 atom stereocenters. The van der Waals surface area contributed by atoms with Crippen molar-refractivity contribution in [3.8, 4) is 0 Å². The Kier molecular flexibility index (Phi) is 0.618. The van der Waals surface area contributed by atoms with Crippen molar-refractivity contribution in [3.05, 3.63) is 36.1 Å². The fraction of sp³-hybridized carbons (Fsp3) is 0.143. The van der Waals surface area contributed by atoms with Gasteiger partial charge in [0.1, 0.15) is 6.10 Å². The van der Waals surface area contributed by atoms with Crippen LogP contribution in [0.2, 0.25) is 0 Å². The molecule has 0 N–H and O–H groups in total. The molecule has 1 unspecified atom stereocenters. The van der Waals surface area contributed by atoms with E-state index in [1.807, 2.05) is 18.2 Å². The number of rotatable bonds is 0. The summed E-state index contributed by atoms with van der Waals surface area (Å²) in [7, 11) is 0. The molecule has 0 radical (unpaired) electrons. The van der Waals surface area contributed by atoms with Gasteiger partial charge in [-0.15, -0.1) is 0 Å². The summed E-state index contributed by atoms with van der Waals surface area (Å²) in [6, 6.07) is 0. The van der Waals surface area contributed by atoms with E-state index in [0.29, 0.717) is 0 Å². The van der Waals surface area contributed by atoms with E-state index in [1.54, 1.807) is 6.26 Å². The van der Waals surface area contributed by atoms with Crippen LogP contribution in [0.4, 0.5) is 0 Å². The van der Waals surface area contributed by atoms with E-state index in [2.05, 4.69) is 6.08 Å². The third kappa shape index (κ3) is 0.360. The minimum atomic E-state index is 0.245. The third-order valence-corrected chi connectivity index (χ3v) is 1.39. The lowest BCUT2D eigenvalue weighted by Crippen LogP contribution is -1.97. The van der Waals surface area contributed by atoms with Gasteiger partial charge in [0, 0.05) is 0 Å². The maximum absolute atomic E-state index is 5.14. The van der Waals surface area contributed by atoms with Crippen molar-refractivity contribution >= 4 is 0 Å². The van der Waals surface area contributed by atoms with Crippen molar-refractivity contribution in [1.29, 1.82) is 0 Å². The minimum Gasteiger partial charge on any atom is -0.489 e. The molecule has 1 heteroatoms. The Morgan fingerprint density at radius 1 is 1.50 bits per heavy atom. The van der Waals surface area contributed by atoms with Gasteiger partial charge in [-0.3, -0.25) is 0 Å². The molecular weight excluding hydrogens is 100 g/mol. The number of hydrogen-bond acceptors (Lipinski definition) is 1. The molecule has 0 fully saturated rings. The zero-order chi connectivity index (χ0) is 5.40. The van der Waals surface area contributed by atoms with Crippen molar-refractivity contribution in [2.24, 2.45) is 0 Å². The molecule has 0 saturated heterocycles. The maximum atomic E-state index is 5.14. The van der Waals surface area contributed by atoms with Crippen LogP contribution < -0.4 is 0 Å². The molecule has 0 bridgehead atoms. The SMILES string of the molecule is C1=CC2OC=CC2=C1. The Bertz CT molecular complexity index is 187. The Hall–Kier alpha value is -0.980. The van der Waals surface area contributed by atoms with Crippen molar-refractivity contribution in [2.45, 2.75) is 6.10 Å². The zero-order valence-corrected chi connectivity index (χ0v) is 4.37. The number of allylic oxidation sites excluding steroid dienone is 2. The number of ether oxygens (including phenoxy) is 1. The molecule has 1 aliphatic carbocycles. The molecule has 0 spiro atoms. The number of hydrogen-bond donors (Lipinski definition) is 0. The highest BCUT2D eigenvalue weighted by Crippen LogP contribution is 2.21. The summed E-state index contributed by atoms with van der Waals surface area (Å²) in [4.78, 5) is 0. The van der Waals surface area contributed by atoms with Crippen LogP contribution in [0.25, 0.3) is 0 Å². The van der Waals surface area contributed by atoms with Crippen molar-refractivity contribution in [1.82, 2.24) is 0 Å². The van der Waals surface area contributed by atoms with Gasteiger partial charge in [0.05, 0.1) is 6.26 Å². The standard InChI is InChI=1S/C7H6O/c1-2-6-4-5-8-7(6)3-1/h1-5,7H. The highest BCUT2D eigenvalue weighted by Gasteiger charge is 2.15. The molecule has 0 saturated carbocycles. The second kappa shape index (κ2) is 1.25. The zero-order valence-electron chi connectivity index (χ0n) is 4.37. The molecule has 0 amide bonds. The topological polar surface area (TPSA) is 9.23 Å². The summed E-state index contributed by atoms with van der Waals surface area (Å²) in [6.07, 6.45) is 10.1. The molecule has 0 aromatic carbocycles. The minimum absolute atomic E-state index is 0.245. The van der Waals surface area contributed by atoms with E-state index in [1.165, 1.54) is 5.57 Å². The molecule has 8 heavy (non-hydrogen) atoms. The predicted octanol–water partition coefficient (Wildman–Crippen LogP) is 1.40. The Morgan fingerprint density at radius 3 is 3.38 bits per heavy atom. The molecule has 0 aromatic heterocycles. The van der Waals surface area contributed by atoms with Crippen molar-refractivity contribution < 1.29 is 4.74 Å². The van der Waals surface area contributed by atoms with Gasteiger partial charge in [-0.1, -0.05) is 12.2 Å². The van der Waals surface area contributed by atoms with Crippen LogP contribution in [0.3, 0.4) is 0 Å². The number of fused-ring (bicyclic) bond motifs is 1. The van der Waals surface area contributed by atoms with E-state index in [0.717, 1.165) is 0 Å². The molecular formula is C7H6O. The van der Waals surface area contributed by atoms with Crippen LogP contribution in [0.1, 0.15) is 0 Å². The average molecular weight is 106 g/mol. The van der Waals surface area contributed by atoms with Gasteiger partial charge in [0.15, 0.2) is 0 Å². The first-order chi connectivity index (χ1) is 3.97. The Labute approximate surface area is 48.0 Å². The first kappa shape index (κ1) is 3.96. The molecule has 2 aliphatic rings. The molecule has 2 rings (SSSR count). The molecule has 1 heterocycles. The smallest absolute Gasteiger partial charge is 0.141 e. The second-order valence-electron chi connectivity index (χ2n) is 1.91. The van der Waals surface area contributed by atoms with Gasteiger partial charge in [-0.2, -0.15) is 0 Å². The van der Waals surface area contributed by atoms with Gasteiger partial charge >= 0.3 is 0 Å². The van der Waals surface area contributed by atoms with Crippen LogP contribution in [0.5, 0.6) is 0 Å². The van der Waals surface area contributed by atoms with Crippen LogP contribution in [0, 0.1) is 0 Å². The summed E-state index contributed by atoms with van der Waals surface area (Å²) >= 11 is 0. The van der Waals surface area contributed by atoms with Gasteiger partial charge in [-0.05, 0) is 17.7 Å². The monoisotopic (exact) mass is 106 g/mol. The summed E-state index contributed by atoms with van der Waals surface area (Å²) in [5.41, 5.74) is 1.27. The van der Waals surface area contributed by atoms with E-state index in [9.17, 15) is 0 Å². The van der Waals surface area contributed by atoms with Crippen LogP contribution in [-0.4, -0.2) is 6.10 Å². The normalized spacial score (nSPS) is 30.0. The van der Waals surface area contributed by atoms with E-state index < -0.39 is 0 Å². The lowest BCUT2D eigenvalue weighted by molar-refractivity contribution is 0.241. The van der Waals surface area contributed by atoms with E-state index >= 15 is 0 Å². The largest absolute Gasteiger partial charge is 0.489 e. The fourth-order valence-electron chi connectivity index (χ4n) is 0.950. The van der Waals surface area contributed by atoms with Gasteiger partial charge < -0.3 is 4.74 Å². The van der Waals surface area contributed by atoms with Gasteiger partial charge in [0.2, 0.25) is 0 Å². The quantitative estimate of drug-likeness (QED) is 0.453. The predicted molar refractivity (Wildman–Crippen MR) is 31.2 cm³/mol. The second-order valence-corrected chi connectivity index (χ2v) is 1.91. The Balaban J connectivity index is 2.39. The lowest BCUT2D eigenvalue weighted by atomic mass is 10.2. The highest BCUT2D eigenvalue weighted by atomic mass is 16.5. The van der Waals surface area contributed by atoms with Gasteiger partial charge in [-0.25, -0.2) is 0 Å². The summed E-state index contributed by atoms with van der Waals surface area (Å²) in [6.45, 7) is 0. The lowest BCUT2D eigenvalue weighted by Gasteiger charge is -1.99. The average Bonchev–Trinajstić information content (AvgIpc) is 2.15. The van der Waals surface area contributed by atoms with Crippen molar-refractivity contribution in [2.75, 3.05) is 0 Å². The summed E-state index contributed by atoms with van der Waals surface area (Å²) in [5.74, 6) is 0. The summed E-state index contributed by atoms with van der Waals surface area (Å²) in [5, 5.41) is 0. The molecule has 1 nitrogen and oxygen atoms in total. The molecule has 1 aliphatic heterocycles. The Morgan fingerprint density at radius 2 is 2.50 bits per heavy atom. The summed E-state index contributed by atoms with van der Waals surface area (Å²) < 4.78 is 5.14. The first-order valence-electron chi connectivity index (χ1n) is 2.67. The van der Waals surface area contributed by atoms with Crippen LogP contribution in [-0.2, 0) is 4.74 Å². The van der Waals surface area contributed by atoms with Crippen molar-refractivity contribution in [3.63, 3.8) is 0 Å². The van der Waals surface area contributed by atoms with Crippen LogP contribution in [0.15, 0.2) is 36.1 Å². The molecule has 0 aromatic rings. The highest BCUT2D eigenvalue weighted by molar-refractivity contribution is 5.39. The fourth-order valence-corrected chi connectivity index (χ4v) is 0.950. The van der Waals surface area contributed by atoms with Crippen LogP contribution >= 0.6 is 0 Å². The van der Waals surface area contributed by atoms with E-state index in [4.69, 9.17) is 4.74 Å². The third-order valence-electron chi connectivity index (χ3n) is 1.39. The molecule has 40 valence electrons. The van der Waals surface area contributed by atoms with E-state index in [-0.39, 0.29) is 6.10 Å². The van der Waals surface area contributed by atoms with Gasteiger partial charge in [0.25, 0.3) is 0 Å². The maximum Gasteiger partial charge on any atom is 0.141 e.